The van der Waals surface area contributed by atoms with E-state index in [0.29, 0.717) is 12.1 Å². The molecule has 1 aromatic carbocycles. The number of hydrogen-bond acceptors (Lipinski definition) is 4. The quantitative estimate of drug-likeness (QED) is 0.390. The molecule has 5 heteroatoms. The maximum absolute atomic E-state index is 13.8. The largest absolute Gasteiger partial charge is 0.363 e. The third kappa shape index (κ3) is 4.92. The average molecular weight is 506 g/mol. The van der Waals surface area contributed by atoms with Gasteiger partial charge in [-0.2, -0.15) is 0 Å². The summed E-state index contributed by atoms with van der Waals surface area (Å²) in [7, 11) is 0. The molecule has 0 bridgehead atoms. The van der Waals surface area contributed by atoms with Crippen LogP contribution in [0.5, 0.6) is 0 Å². The van der Waals surface area contributed by atoms with Crippen molar-refractivity contribution < 1.29 is 4.79 Å². The molecule has 1 aromatic rings. The molecular weight excluding hydrogens is 462 g/mol. The topological polar surface area (TPSA) is 35.9 Å². The van der Waals surface area contributed by atoms with Gasteiger partial charge in [-0.15, -0.1) is 0 Å². The van der Waals surface area contributed by atoms with Gasteiger partial charge in [0.25, 0.3) is 5.91 Å². The third-order valence-corrected chi connectivity index (χ3v) is 9.61. The van der Waals surface area contributed by atoms with Crippen LogP contribution in [-0.2, 0) is 4.79 Å². The number of hydrogen-bond donors (Lipinski definition) is 0. The maximum atomic E-state index is 13.8. The van der Waals surface area contributed by atoms with Gasteiger partial charge in [0, 0.05) is 23.8 Å². The van der Waals surface area contributed by atoms with E-state index in [1.807, 2.05) is 0 Å². The number of amidine groups is 1. The number of aliphatic imine (C=N–C) groups is 1. The molecule has 0 aromatic heterocycles. The Balaban J connectivity index is 1.51. The molecule has 4 nitrogen and oxygen atoms in total. The van der Waals surface area contributed by atoms with Crippen LogP contribution < -0.4 is 4.90 Å². The SMILES string of the molecule is CCN1c2cc(C)c(/C=C3/SC(=NC4CCCCC4)N(C4CCCCC4)C3=O)cc2C(C)=CC1(C)C. The van der Waals surface area contributed by atoms with Crippen molar-refractivity contribution in [2.45, 2.75) is 116 Å². The smallest absolute Gasteiger partial charge is 0.266 e. The van der Waals surface area contributed by atoms with E-state index in [4.69, 9.17) is 4.99 Å². The zero-order valence-corrected chi connectivity index (χ0v) is 23.7. The highest BCUT2D eigenvalue weighted by Crippen LogP contribution is 2.42. The number of benzene rings is 1. The molecule has 1 saturated heterocycles. The lowest BCUT2D eigenvalue weighted by Gasteiger charge is -2.43. The van der Waals surface area contributed by atoms with E-state index in [1.54, 1.807) is 11.8 Å². The maximum Gasteiger partial charge on any atom is 0.266 e. The Morgan fingerprint density at radius 1 is 1.03 bits per heavy atom. The molecule has 3 fully saturated rings. The summed E-state index contributed by atoms with van der Waals surface area (Å²) in [6.45, 7) is 12.2. The highest BCUT2D eigenvalue weighted by atomic mass is 32.2. The summed E-state index contributed by atoms with van der Waals surface area (Å²) in [5, 5.41) is 0.968. The first-order valence-electron chi connectivity index (χ1n) is 14.2. The molecule has 0 N–H and O–H groups in total. The van der Waals surface area contributed by atoms with E-state index in [9.17, 15) is 4.79 Å². The molecule has 2 aliphatic heterocycles. The lowest BCUT2D eigenvalue weighted by Crippen LogP contribution is -2.44. The summed E-state index contributed by atoms with van der Waals surface area (Å²) < 4.78 is 0. The number of carbonyl (C=O) groups excluding carboxylic acids is 1. The highest BCUT2D eigenvalue weighted by molar-refractivity contribution is 8.18. The molecule has 0 radical (unpaired) electrons. The zero-order valence-electron chi connectivity index (χ0n) is 22.9. The van der Waals surface area contributed by atoms with E-state index < -0.39 is 0 Å². The van der Waals surface area contributed by atoms with Crippen LogP contribution in [-0.4, -0.2) is 40.1 Å². The number of amides is 1. The number of carbonyl (C=O) groups is 1. The standard InChI is InChI=1S/C31H43N3OS/c1-6-33-27-17-21(2)23(18-26(27)22(3)20-31(33,4)5)19-28-29(35)34(25-15-11-8-12-16-25)30(36-28)32-24-13-9-7-10-14-24/h17-20,24-25H,6-16H2,1-5H3/b28-19+,32-30?. The normalized spacial score (nSPS) is 25.6. The first-order chi connectivity index (χ1) is 17.3. The van der Waals surface area contributed by atoms with Gasteiger partial charge in [0.1, 0.15) is 0 Å². The number of likely N-dealkylation sites (N-methyl/N-ethyl adjacent to an activating group) is 1. The number of fused-ring (bicyclic) bond motifs is 1. The van der Waals surface area contributed by atoms with Gasteiger partial charge in [-0.3, -0.25) is 14.7 Å². The molecule has 4 aliphatic rings. The summed E-state index contributed by atoms with van der Waals surface area (Å²) in [6.07, 6.45) is 16.6. The molecule has 2 aliphatic carbocycles. The summed E-state index contributed by atoms with van der Waals surface area (Å²) in [5.41, 5.74) is 6.27. The van der Waals surface area contributed by atoms with Crippen molar-refractivity contribution in [1.82, 2.24) is 4.90 Å². The number of thioether (sulfide) groups is 1. The van der Waals surface area contributed by atoms with Gasteiger partial charge in [0.05, 0.1) is 16.5 Å². The molecule has 5 rings (SSSR count). The molecule has 2 heterocycles. The summed E-state index contributed by atoms with van der Waals surface area (Å²) >= 11 is 1.62. The Kier molecular flexibility index (Phi) is 7.40. The second-order valence-electron chi connectivity index (χ2n) is 11.7. The van der Waals surface area contributed by atoms with Crippen LogP contribution >= 0.6 is 11.8 Å². The molecular formula is C31H43N3OS. The molecule has 0 atom stereocenters. The lowest BCUT2D eigenvalue weighted by atomic mass is 9.87. The first-order valence-corrected chi connectivity index (χ1v) is 15.0. The second-order valence-corrected chi connectivity index (χ2v) is 12.7. The number of nitrogens with zero attached hydrogens (tertiary/aromatic N) is 3. The number of allylic oxidation sites excluding steroid dienone is 1. The Bertz CT molecular complexity index is 1100. The van der Waals surface area contributed by atoms with Crippen molar-refractivity contribution in [2.24, 2.45) is 4.99 Å². The Labute approximate surface area is 222 Å². The fraction of sp³-hybridized carbons (Fsp3) is 0.613. The van der Waals surface area contributed by atoms with Crippen molar-refractivity contribution >= 4 is 40.2 Å². The minimum Gasteiger partial charge on any atom is -0.363 e. The van der Waals surface area contributed by atoms with E-state index in [0.717, 1.165) is 47.9 Å². The number of anilines is 1. The Morgan fingerprint density at radius 3 is 2.36 bits per heavy atom. The first kappa shape index (κ1) is 25.6. The van der Waals surface area contributed by atoms with Gasteiger partial charge < -0.3 is 4.90 Å². The van der Waals surface area contributed by atoms with Crippen molar-refractivity contribution in [3.63, 3.8) is 0 Å². The lowest BCUT2D eigenvalue weighted by molar-refractivity contribution is -0.124. The van der Waals surface area contributed by atoms with Crippen LogP contribution in [0, 0.1) is 6.92 Å². The van der Waals surface area contributed by atoms with Gasteiger partial charge in [0.15, 0.2) is 5.17 Å². The van der Waals surface area contributed by atoms with Gasteiger partial charge >= 0.3 is 0 Å². The molecule has 1 amide bonds. The molecule has 0 spiro atoms. The van der Waals surface area contributed by atoms with Crippen LogP contribution in [0.4, 0.5) is 5.69 Å². The average Bonchev–Trinajstić information content (AvgIpc) is 3.15. The van der Waals surface area contributed by atoms with Crippen LogP contribution in [0.25, 0.3) is 11.6 Å². The van der Waals surface area contributed by atoms with E-state index >= 15 is 0 Å². The van der Waals surface area contributed by atoms with E-state index in [-0.39, 0.29) is 11.4 Å². The number of rotatable bonds is 4. The third-order valence-electron chi connectivity index (χ3n) is 8.61. The summed E-state index contributed by atoms with van der Waals surface area (Å²) in [6, 6.07) is 5.31. The van der Waals surface area contributed by atoms with Gasteiger partial charge in [-0.1, -0.05) is 44.6 Å². The van der Waals surface area contributed by atoms with Gasteiger partial charge in [0.2, 0.25) is 0 Å². The van der Waals surface area contributed by atoms with Crippen LogP contribution in [0.3, 0.4) is 0 Å². The molecule has 194 valence electrons. The van der Waals surface area contributed by atoms with Crippen LogP contribution in [0.15, 0.2) is 28.1 Å². The number of aryl methyl sites for hydroxylation is 1. The minimum atomic E-state index is 0.000503. The fourth-order valence-electron chi connectivity index (χ4n) is 6.72. The minimum absolute atomic E-state index is 0.000503. The van der Waals surface area contributed by atoms with Crippen LogP contribution in [0.2, 0.25) is 0 Å². The van der Waals surface area contributed by atoms with Crippen molar-refractivity contribution in [3.05, 3.63) is 39.8 Å². The van der Waals surface area contributed by atoms with Gasteiger partial charge in [-0.25, -0.2) is 0 Å². The van der Waals surface area contributed by atoms with E-state index in [1.165, 1.54) is 60.9 Å². The second kappa shape index (κ2) is 10.4. The van der Waals surface area contributed by atoms with Crippen molar-refractivity contribution in [2.75, 3.05) is 11.4 Å². The fourth-order valence-corrected chi connectivity index (χ4v) is 7.82. The summed E-state index contributed by atoms with van der Waals surface area (Å²) in [5.74, 6) is 0.169. The Morgan fingerprint density at radius 2 is 1.69 bits per heavy atom. The van der Waals surface area contributed by atoms with Crippen molar-refractivity contribution in [3.8, 4) is 0 Å². The highest BCUT2D eigenvalue weighted by Gasteiger charge is 2.39. The van der Waals surface area contributed by atoms with Crippen molar-refractivity contribution in [1.29, 1.82) is 0 Å². The predicted octanol–water partition coefficient (Wildman–Crippen LogP) is 7.95. The zero-order chi connectivity index (χ0) is 25.4. The van der Waals surface area contributed by atoms with Crippen LogP contribution in [0.1, 0.15) is 109 Å². The van der Waals surface area contributed by atoms with Gasteiger partial charge in [-0.05, 0) is 107 Å². The molecule has 0 unspecified atom stereocenters. The van der Waals surface area contributed by atoms with E-state index in [2.05, 4.69) is 68.7 Å². The molecule has 36 heavy (non-hydrogen) atoms. The molecule has 2 saturated carbocycles. The summed E-state index contributed by atoms with van der Waals surface area (Å²) in [4.78, 5) is 24.5. The Hall–Kier alpha value is -2.01. The predicted molar refractivity (Wildman–Crippen MR) is 156 cm³/mol. The monoisotopic (exact) mass is 505 g/mol.